The van der Waals surface area contributed by atoms with Gasteiger partial charge >= 0.3 is 18.5 Å². The minimum atomic E-state index is -4.90. The van der Waals surface area contributed by atoms with Gasteiger partial charge in [-0.1, -0.05) is 24.3 Å². The van der Waals surface area contributed by atoms with Crippen LogP contribution in [-0.2, 0) is 18.5 Å². The quantitative estimate of drug-likeness (QED) is 0.273. The monoisotopic (exact) mass is 491 g/mol. The second-order valence-corrected chi connectivity index (χ2v) is 7.31. The fourth-order valence-corrected chi connectivity index (χ4v) is 3.38. The molecule has 0 saturated carbocycles. The number of carbonyl (C=O) groups is 1. The summed E-state index contributed by atoms with van der Waals surface area (Å²) in [6, 6.07) is 8.18. The largest absolute Gasteiger partial charge is 0.418 e. The number of halogens is 9. The molecule has 1 heterocycles. The van der Waals surface area contributed by atoms with Crippen LogP contribution in [0.2, 0.25) is 0 Å². The molecule has 0 fully saturated rings. The van der Waals surface area contributed by atoms with E-state index < -0.39 is 64.6 Å². The van der Waals surface area contributed by atoms with Crippen molar-refractivity contribution in [1.82, 2.24) is 4.98 Å². The van der Waals surface area contributed by atoms with E-state index in [1.807, 2.05) is 0 Å². The molecule has 3 aromatic rings. The molecule has 34 heavy (non-hydrogen) atoms. The average molecular weight is 491 g/mol. The van der Waals surface area contributed by atoms with Crippen molar-refractivity contribution in [3.05, 3.63) is 100 Å². The molecular formula is C23H14F9NO. The van der Waals surface area contributed by atoms with Crippen molar-refractivity contribution in [2.45, 2.75) is 30.9 Å². The maximum atomic E-state index is 13.6. The van der Waals surface area contributed by atoms with Crippen LogP contribution in [0.15, 0.2) is 66.9 Å². The minimum Gasteiger partial charge on any atom is -0.294 e. The average Bonchev–Trinajstić information content (AvgIpc) is 2.76. The van der Waals surface area contributed by atoms with Gasteiger partial charge in [0.1, 0.15) is 0 Å². The highest BCUT2D eigenvalue weighted by Gasteiger charge is 2.38. The summed E-state index contributed by atoms with van der Waals surface area (Å²) >= 11 is 0. The van der Waals surface area contributed by atoms with Gasteiger partial charge in [0.15, 0.2) is 5.78 Å². The number of hydrogen-bond donors (Lipinski definition) is 0. The van der Waals surface area contributed by atoms with Crippen LogP contribution >= 0.6 is 0 Å². The van der Waals surface area contributed by atoms with E-state index in [1.165, 1.54) is 0 Å². The van der Waals surface area contributed by atoms with Gasteiger partial charge in [0.2, 0.25) is 0 Å². The number of pyridine rings is 1. The van der Waals surface area contributed by atoms with Crippen molar-refractivity contribution in [1.29, 1.82) is 0 Å². The third-order valence-corrected chi connectivity index (χ3v) is 5.02. The second-order valence-electron chi connectivity index (χ2n) is 7.31. The van der Waals surface area contributed by atoms with Gasteiger partial charge < -0.3 is 0 Å². The molecule has 0 aliphatic carbocycles. The van der Waals surface area contributed by atoms with E-state index in [-0.39, 0.29) is 5.56 Å². The molecule has 1 atom stereocenters. The van der Waals surface area contributed by atoms with Gasteiger partial charge in [0.25, 0.3) is 0 Å². The van der Waals surface area contributed by atoms with Crippen LogP contribution < -0.4 is 0 Å². The molecule has 0 N–H and O–H groups in total. The normalized spacial score (nSPS) is 13.6. The number of ketones is 1. The molecule has 0 aliphatic rings. The van der Waals surface area contributed by atoms with Crippen molar-refractivity contribution in [2.24, 2.45) is 0 Å². The molecule has 0 aliphatic heterocycles. The van der Waals surface area contributed by atoms with Gasteiger partial charge in [-0.25, -0.2) is 0 Å². The Kier molecular flexibility index (Phi) is 6.77. The summed E-state index contributed by atoms with van der Waals surface area (Å²) in [7, 11) is 0. The van der Waals surface area contributed by atoms with Gasteiger partial charge in [-0.15, -0.1) is 0 Å². The van der Waals surface area contributed by atoms with Gasteiger partial charge in [-0.3, -0.25) is 9.78 Å². The fourth-order valence-electron chi connectivity index (χ4n) is 3.38. The molecule has 0 spiro atoms. The summed E-state index contributed by atoms with van der Waals surface area (Å²) in [6.07, 6.45) is -14.1. The Balaban J connectivity index is 2.08. The Morgan fingerprint density at radius 2 is 1.35 bits per heavy atom. The molecule has 2 nitrogen and oxygen atoms in total. The van der Waals surface area contributed by atoms with E-state index in [0.717, 1.165) is 42.6 Å². The van der Waals surface area contributed by atoms with E-state index in [0.29, 0.717) is 24.3 Å². The highest BCUT2D eigenvalue weighted by molar-refractivity contribution is 5.97. The smallest absolute Gasteiger partial charge is 0.294 e. The van der Waals surface area contributed by atoms with Crippen LogP contribution in [0.25, 0.3) is 0 Å². The van der Waals surface area contributed by atoms with Crippen molar-refractivity contribution < 1.29 is 44.3 Å². The van der Waals surface area contributed by atoms with Crippen molar-refractivity contribution in [3.8, 4) is 0 Å². The summed E-state index contributed by atoms with van der Waals surface area (Å²) in [5, 5.41) is 0. The summed E-state index contributed by atoms with van der Waals surface area (Å²) in [4.78, 5) is 16.5. The van der Waals surface area contributed by atoms with Gasteiger partial charge in [0, 0.05) is 24.1 Å². The lowest BCUT2D eigenvalue weighted by atomic mass is 9.86. The summed E-state index contributed by atoms with van der Waals surface area (Å²) in [5.74, 6) is -2.41. The first-order valence-electron chi connectivity index (χ1n) is 9.57. The van der Waals surface area contributed by atoms with E-state index in [9.17, 15) is 44.3 Å². The SMILES string of the molecule is O=C(C[C@@H](c1ccc(C(F)(F)F)cc1)c1ncccc1C(F)(F)F)c1cccc(C(F)(F)F)c1. The van der Waals surface area contributed by atoms with E-state index in [4.69, 9.17) is 0 Å². The highest BCUT2D eigenvalue weighted by atomic mass is 19.4. The zero-order chi connectivity index (χ0) is 25.3. The van der Waals surface area contributed by atoms with Crippen molar-refractivity contribution in [3.63, 3.8) is 0 Å². The number of nitrogens with zero attached hydrogens (tertiary/aromatic N) is 1. The minimum absolute atomic E-state index is 0.0856. The predicted molar refractivity (Wildman–Crippen MR) is 103 cm³/mol. The lowest BCUT2D eigenvalue weighted by Crippen LogP contribution is -2.18. The first-order valence-corrected chi connectivity index (χ1v) is 9.57. The summed E-state index contributed by atoms with van der Waals surface area (Å²) in [5.41, 5.74) is -4.52. The molecule has 180 valence electrons. The van der Waals surface area contributed by atoms with Crippen molar-refractivity contribution >= 4 is 5.78 Å². The number of rotatable bonds is 5. The highest BCUT2D eigenvalue weighted by Crippen LogP contribution is 2.39. The zero-order valence-electron chi connectivity index (χ0n) is 16.9. The second kappa shape index (κ2) is 9.11. The molecule has 0 radical (unpaired) electrons. The number of carbonyl (C=O) groups excluding carboxylic acids is 1. The lowest BCUT2D eigenvalue weighted by molar-refractivity contribution is -0.139. The first kappa shape index (κ1) is 25.3. The van der Waals surface area contributed by atoms with E-state index >= 15 is 0 Å². The van der Waals surface area contributed by atoms with Gasteiger partial charge in [0.05, 0.1) is 22.4 Å². The topological polar surface area (TPSA) is 30.0 Å². The fraction of sp³-hybridized carbons (Fsp3) is 0.217. The first-order chi connectivity index (χ1) is 15.7. The van der Waals surface area contributed by atoms with Gasteiger partial charge in [-0.05, 0) is 42.0 Å². The molecule has 0 unspecified atom stereocenters. The van der Waals surface area contributed by atoms with E-state index in [2.05, 4.69) is 4.98 Å². The number of alkyl halides is 9. The van der Waals surface area contributed by atoms with Crippen LogP contribution in [0.5, 0.6) is 0 Å². The Morgan fingerprint density at radius 3 is 1.91 bits per heavy atom. The third kappa shape index (κ3) is 5.75. The maximum Gasteiger partial charge on any atom is 0.418 e. The molecule has 2 aromatic carbocycles. The Labute approximate surface area is 187 Å². The van der Waals surface area contributed by atoms with Crippen LogP contribution in [0.3, 0.4) is 0 Å². The van der Waals surface area contributed by atoms with E-state index in [1.54, 1.807) is 0 Å². The Morgan fingerprint density at radius 1 is 0.735 bits per heavy atom. The number of hydrogen-bond acceptors (Lipinski definition) is 2. The van der Waals surface area contributed by atoms with Crippen LogP contribution in [0.4, 0.5) is 39.5 Å². The molecule has 3 rings (SSSR count). The van der Waals surface area contributed by atoms with Crippen LogP contribution in [-0.4, -0.2) is 10.8 Å². The molecule has 11 heteroatoms. The molecule has 0 bridgehead atoms. The maximum absolute atomic E-state index is 13.6. The number of aromatic nitrogens is 1. The third-order valence-electron chi connectivity index (χ3n) is 5.02. The lowest BCUT2D eigenvalue weighted by Gasteiger charge is -2.21. The van der Waals surface area contributed by atoms with Crippen molar-refractivity contribution in [2.75, 3.05) is 0 Å². The van der Waals surface area contributed by atoms with Gasteiger partial charge in [-0.2, -0.15) is 39.5 Å². The number of Topliss-reactive ketones (excluding diaryl/α,β-unsaturated/α-hetero) is 1. The summed E-state index contributed by atoms with van der Waals surface area (Å²) in [6.45, 7) is 0. The zero-order valence-corrected chi connectivity index (χ0v) is 16.9. The molecule has 0 amide bonds. The standard InChI is InChI=1S/C23H14F9NO/c24-21(25,26)15-8-6-13(7-9-15)17(20-18(23(30,31)32)5-2-10-33-20)12-19(34)14-3-1-4-16(11-14)22(27,28)29/h1-11,17H,12H2/t17-/m0/s1. The molecule has 1 aromatic heterocycles. The number of benzene rings is 2. The van der Waals surface area contributed by atoms with Crippen LogP contribution in [0.1, 0.15) is 50.6 Å². The molecule has 0 saturated heterocycles. The molecular weight excluding hydrogens is 477 g/mol. The Bertz CT molecular complexity index is 1160. The van der Waals surface area contributed by atoms with Crippen LogP contribution in [0, 0.1) is 0 Å². The summed E-state index contributed by atoms with van der Waals surface area (Å²) < 4.78 is 119. The Hall–Kier alpha value is -3.37. The predicted octanol–water partition coefficient (Wildman–Crippen LogP) is 7.54.